The molecule has 1 saturated heterocycles. The summed E-state index contributed by atoms with van der Waals surface area (Å²) in [6.45, 7) is 9.67. The number of rotatable bonds is 8. The van der Waals surface area contributed by atoms with Gasteiger partial charge in [0, 0.05) is 50.1 Å². The molecule has 1 amide bonds. The molecule has 1 aromatic carbocycles. The standard InChI is InChI=1S/C22H32N4OS/c1-4-6-7-19(5-2)21(27)25-12-14-26(15-13-25)22-23-20(24-28-22)16-18-10-8-17(3)9-11-18/h8-11,19H,4-7,12-16H2,1-3H3/t19-/m1/s1. The smallest absolute Gasteiger partial charge is 0.225 e. The highest BCUT2D eigenvalue weighted by Gasteiger charge is 2.27. The highest BCUT2D eigenvalue weighted by molar-refractivity contribution is 7.09. The summed E-state index contributed by atoms with van der Waals surface area (Å²) < 4.78 is 4.55. The highest BCUT2D eigenvalue weighted by Crippen LogP contribution is 2.22. The number of nitrogens with zero attached hydrogens (tertiary/aromatic N) is 4. The molecule has 0 N–H and O–H groups in total. The number of piperazine rings is 1. The monoisotopic (exact) mass is 400 g/mol. The summed E-state index contributed by atoms with van der Waals surface area (Å²) in [6.07, 6.45) is 5.02. The Labute approximate surface area is 172 Å². The molecule has 0 bridgehead atoms. The second-order valence-corrected chi connectivity index (χ2v) is 8.45. The molecule has 3 rings (SSSR count). The Kier molecular flexibility index (Phi) is 7.43. The van der Waals surface area contributed by atoms with Gasteiger partial charge in [-0.2, -0.15) is 4.37 Å². The average Bonchev–Trinajstić information content (AvgIpc) is 3.19. The fourth-order valence-electron chi connectivity index (χ4n) is 3.66. The molecular weight excluding hydrogens is 368 g/mol. The maximum absolute atomic E-state index is 12.8. The van der Waals surface area contributed by atoms with E-state index in [4.69, 9.17) is 4.98 Å². The summed E-state index contributed by atoms with van der Waals surface area (Å²) in [5.74, 6) is 1.41. The van der Waals surface area contributed by atoms with Crippen molar-refractivity contribution in [3.63, 3.8) is 0 Å². The lowest BCUT2D eigenvalue weighted by Crippen LogP contribution is -2.50. The zero-order valence-electron chi connectivity index (χ0n) is 17.4. The molecule has 1 aliphatic rings. The van der Waals surface area contributed by atoms with Gasteiger partial charge in [0.25, 0.3) is 0 Å². The molecule has 0 aliphatic carbocycles. The lowest BCUT2D eigenvalue weighted by molar-refractivity contribution is -0.136. The van der Waals surface area contributed by atoms with Crippen molar-refractivity contribution in [2.45, 2.75) is 52.9 Å². The first kappa shape index (κ1) is 20.8. The third-order valence-corrected chi connectivity index (χ3v) is 6.37. The number of carbonyl (C=O) groups excluding carboxylic acids is 1. The van der Waals surface area contributed by atoms with Crippen LogP contribution in [0.1, 0.15) is 56.5 Å². The minimum atomic E-state index is 0.189. The molecular formula is C22H32N4OS. The topological polar surface area (TPSA) is 49.3 Å². The van der Waals surface area contributed by atoms with Gasteiger partial charge < -0.3 is 9.80 Å². The van der Waals surface area contributed by atoms with Crippen LogP contribution in [-0.2, 0) is 11.2 Å². The van der Waals surface area contributed by atoms with Gasteiger partial charge in [0.05, 0.1) is 0 Å². The van der Waals surface area contributed by atoms with Gasteiger partial charge in [-0.3, -0.25) is 4.79 Å². The maximum atomic E-state index is 12.8. The number of aryl methyl sites for hydroxylation is 1. The highest BCUT2D eigenvalue weighted by atomic mass is 32.1. The summed E-state index contributed by atoms with van der Waals surface area (Å²) in [4.78, 5) is 21.9. The fraction of sp³-hybridized carbons (Fsp3) is 0.591. The molecule has 6 heteroatoms. The van der Waals surface area contributed by atoms with Gasteiger partial charge in [-0.1, -0.05) is 56.5 Å². The maximum Gasteiger partial charge on any atom is 0.225 e. The Morgan fingerprint density at radius 3 is 2.50 bits per heavy atom. The summed E-state index contributed by atoms with van der Waals surface area (Å²) in [5.41, 5.74) is 2.51. The van der Waals surface area contributed by atoms with E-state index in [1.165, 1.54) is 22.7 Å². The Hall–Kier alpha value is -1.95. The van der Waals surface area contributed by atoms with Crippen molar-refractivity contribution in [1.82, 2.24) is 14.3 Å². The zero-order chi connectivity index (χ0) is 19.9. The van der Waals surface area contributed by atoms with Crippen molar-refractivity contribution in [2.24, 2.45) is 5.92 Å². The van der Waals surface area contributed by atoms with Crippen LogP contribution in [-0.4, -0.2) is 46.3 Å². The van der Waals surface area contributed by atoms with Gasteiger partial charge in [0.15, 0.2) is 0 Å². The Morgan fingerprint density at radius 2 is 1.86 bits per heavy atom. The minimum absolute atomic E-state index is 0.189. The van der Waals surface area contributed by atoms with Crippen LogP contribution in [0, 0.1) is 12.8 Å². The summed E-state index contributed by atoms with van der Waals surface area (Å²) in [7, 11) is 0. The van der Waals surface area contributed by atoms with E-state index in [9.17, 15) is 4.79 Å². The molecule has 28 heavy (non-hydrogen) atoms. The van der Waals surface area contributed by atoms with E-state index in [1.807, 2.05) is 0 Å². The van der Waals surface area contributed by atoms with Gasteiger partial charge in [-0.15, -0.1) is 0 Å². The first-order chi connectivity index (χ1) is 13.6. The second-order valence-electron chi connectivity index (χ2n) is 7.72. The molecule has 1 fully saturated rings. The Morgan fingerprint density at radius 1 is 1.14 bits per heavy atom. The zero-order valence-corrected chi connectivity index (χ0v) is 18.2. The molecule has 1 aliphatic heterocycles. The van der Waals surface area contributed by atoms with E-state index in [0.29, 0.717) is 5.91 Å². The lowest BCUT2D eigenvalue weighted by Gasteiger charge is -2.36. The molecule has 2 heterocycles. The molecule has 0 spiro atoms. The number of hydrogen-bond donors (Lipinski definition) is 0. The summed E-state index contributed by atoms with van der Waals surface area (Å²) in [5, 5.41) is 0.979. The van der Waals surface area contributed by atoms with E-state index in [0.717, 1.165) is 69.2 Å². The van der Waals surface area contributed by atoms with E-state index < -0.39 is 0 Å². The number of unbranched alkanes of at least 4 members (excludes halogenated alkanes) is 1. The quantitative estimate of drug-likeness (QED) is 0.663. The van der Waals surface area contributed by atoms with Crippen molar-refractivity contribution in [1.29, 1.82) is 0 Å². The second kappa shape index (κ2) is 10.0. The van der Waals surface area contributed by atoms with Crippen molar-refractivity contribution < 1.29 is 4.79 Å². The predicted molar refractivity (Wildman–Crippen MR) is 116 cm³/mol. The van der Waals surface area contributed by atoms with Crippen molar-refractivity contribution in [3.05, 3.63) is 41.2 Å². The van der Waals surface area contributed by atoms with Gasteiger partial charge in [0.1, 0.15) is 5.82 Å². The molecule has 1 aromatic heterocycles. The minimum Gasteiger partial charge on any atom is -0.343 e. The Balaban J connectivity index is 1.53. The largest absolute Gasteiger partial charge is 0.343 e. The van der Waals surface area contributed by atoms with Crippen LogP contribution in [0.15, 0.2) is 24.3 Å². The van der Waals surface area contributed by atoms with Crippen LogP contribution >= 0.6 is 11.5 Å². The number of amides is 1. The third-order valence-electron chi connectivity index (χ3n) is 5.55. The number of carbonyl (C=O) groups is 1. The van der Waals surface area contributed by atoms with Crippen LogP contribution in [0.2, 0.25) is 0 Å². The van der Waals surface area contributed by atoms with Crippen molar-refractivity contribution >= 4 is 22.6 Å². The van der Waals surface area contributed by atoms with Gasteiger partial charge in [-0.05, 0) is 25.3 Å². The molecule has 0 unspecified atom stereocenters. The number of benzene rings is 1. The molecule has 0 saturated carbocycles. The van der Waals surface area contributed by atoms with Crippen LogP contribution in [0.25, 0.3) is 0 Å². The fourth-order valence-corrected chi connectivity index (χ4v) is 4.40. The van der Waals surface area contributed by atoms with Crippen LogP contribution in [0.5, 0.6) is 0 Å². The third kappa shape index (κ3) is 5.31. The van der Waals surface area contributed by atoms with Crippen molar-refractivity contribution in [2.75, 3.05) is 31.1 Å². The number of aromatic nitrogens is 2. The number of anilines is 1. The van der Waals surface area contributed by atoms with Gasteiger partial charge >= 0.3 is 0 Å². The summed E-state index contributed by atoms with van der Waals surface area (Å²) in [6, 6.07) is 8.54. The first-order valence-electron chi connectivity index (χ1n) is 10.5. The first-order valence-corrected chi connectivity index (χ1v) is 11.3. The van der Waals surface area contributed by atoms with Crippen LogP contribution in [0.3, 0.4) is 0 Å². The SMILES string of the molecule is CCCC[C@@H](CC)C(=O)N1CCN(c2nc(Cc3ccc(C)cc3)ns2)CC1. The molecule has 2 aromatic rings. The molecule has 5 nitrogen and oxygen atoms in total. The van der Waals surface area contributed by atoms with Gasteiger partial charge in [-0.25, -0.2) is 4.98 Å². The normalized spacial score (nSPS) is 15.7. The van der Waals surface area contributed by atoms with E-state index in [2.05, 4.69) is 59.2 Å². The van der Waals surface area contributed by atoms with Crippen LogP contribution < -0.4 is 4.90 Å². The van der Waals surface area contributed by atoms with E-state index in [1.54, 1.807) is 0 Å². The van der Waals surface area contributed by atoms with Gasteiger partial charge in [0.2, 0.25) is 11.0 Å². The van der Waals surface area contributed by atoms with E-state index in [-0.39, 0.29) is 5.92 Å². The number of hydrogen-bond acceptors (Lipinski definition) is 5. The average molecular weight is 401 g/mol. The lowest BCUT2D eigenvalue weighted by atomic mass is 9.97. The molecule has 1 atom stereocenters. The van der Waals surface area contributed by atoms with Crippen molar-refractivity contribution in [3.8, 4) is 0 Å². The Bertz CT molecular complexity index is 750. The summed E-state index contributed by atoms with van der Waals surface area (Å²) >= 11 is 1.47. The van der Waals surface area contributed by atoms with E-state index >= 15 is 0 Å². The predicted octanol–water partition coefficient (Wildman–Crippen LogP) is 4.30. The van der Waals surface area contributed by atoms with Crippen LogP contribution in [0.4, 0.5) is 5.13 Å². The molecule has 152 valence electrons. The molecule has 0 radical (unpaired) electrons.